The largest absolute Gasteiger partial charge is 0.326 e. The van der Waals surface area contributed by atoms with Crippen molar-refractivity contribution in [3.8, 4) is 10.6 Å². The lowest BCUT2D eigenvalue weighted by atomic mass is 9.97. The van der Waals surface area contributed by atoms with Crippen molar-refractivity contribution in [1.82, 2.24) is 4.98 Å². The number of hydrogen-bond acceptors (Lipinski definition) is 3. The Hall–Kier alpha value is -2.98. The first-order valence-electron chi connectivity index (χ1n) is 9.41. The fraction of sp³-hybridized carbons (Fsp3) is 0.167. The molecule has 3 aromatic carbocycles. The Morgan fingerprint density at radius 3 is 2.54 bits per heavy atom. The first-order chi connectivity index (χ1) is 13.6. The summed E-state index contributed by atoms with van der Waals surface area (Å²) in [4.78, 5) is 17.1. The molecule has 4 aromatic rings. The van der Waals surface area contributed by atoms with Crippen LogP contribution in [0.1, 0.15) is 30.4 Å². The molecule has 0 bridgehead atoms. The topological polar surface area (TPSA) is 42.0 Å². The van der Waals surface area contributed by atoms with Crippen LogP contribution in [0.15, 0.2) is 72.8 Å². The van der Waals surface area contributed by atoms with Crippen molar-refractivity contribution in [1.29, 1.82) is 0 Å². The minimum atomic E-state index is 0.0274. The Labute approximate surface area is 169 Å². The molecule has 0 aliphatic rings. The molecule has 1 atom stereocenters. The number of fused-ring (bicyclic) bond motifs is 1. The summed E-state index contributed by atoms with van der Waals surface area (Å²) >= 11 is 1.69. The summed E-state index contributed by atoms with van der Waals surface area (Å²) in [7, 11) is 0. The molecule has 1 amide bonds. The first kappa shape index (κ1) is 18.4. The van der Waals surface area contributed by atoms with Gasteiger partial charge in [0.05, 0.1) is 10.2 Å². The maximum atomic E-state index is 12.4. The van der Waals surface area contributed by atoms with Gasteiger partial charge in [0.1, 0.15) is 5.01 Å². The molecule has 0 aliphatic carbocycles. The number of rotatable bonds is 5. The normalized spacial score (nSPS) is 12.1. The molecule has 4 rings (SSSR count). The summed E-state index contributed by atoms with van der Waals surface area (Å²) in [6.07, 6.45) is 0.461. The van der Waals surface area contributed by atoms with Crippen LogP contribution in [0, 0.1) is 6.92 Å². The van der Waals surface area contributed by atoms with Crippen molar-refractivity contribution < 1.29 is 4.79 Å². The highest BCUT2D eigenvalue weighted by atomic mass is 32.1. The van der Waals surface area contributed by atoms with E-state index in [9.17, 15) is 4.79 Å². The molecular formula is C24H22N2OS. The van der Waals surface area contributed by atoms with Crippen molar-refractivity contribution in [2.24, 2.45) is 0 Å². The molecule has 4 heteroatoms. The third kappa shape index (κ3) is 4.12. The summed E-state index contributed by atoms with van der Waals surface area (Å²) in [5.74, 6) is 0.214. The lowest BCUT2D eigenvalue weighted by Crippen LogP contribution is -2.14. The van der Waals surface area contributed by atoms with E-state index in [2.05, 4.69) is 49.5 Å². The molecule has 140 valence electrons. The Morgan fingerprint density at radius 2 is 1.79 bits per heavy atom. The molecule has 28 heavy (non-hydrogen) atoms. The number of amides is 1. The van der Waals surface area contributed by atoms with Crippen LogP contribution >= 0.6 is 11.3 Å². The van der Waals surface area contributed by atoms with E-state index in [1.165, 1.54) is 15.8 Å². The Kier molecular flexibility index (Phi) is 5.22. The summed E-state index contributed by atoms with van der Waals surface area (Å²) in [6, 6.07) is 24.4. The molecule has 0 saturated heterocycles. The van der Waals surface area contributed by atoms with Gasteiger partial charge in [0.2, 0.25) is 5.91 Å². The SMILES string of the molecule is Cc1ccc2nc(-c3ccc(NC(=O)CC(C)c4ccccc4)cc3)sc2c1. The molecular weight excluding hydrogens is 364 g/mol. The number of nitrogens with one attached hydrogen (secondary N) is 1. The van der Waals surface area contributed by atoms with E-state index in [1.54, 1.807) is 11.3 Å². The summed E-state index contributed by atoms with van der Waals surface area (Å²) in [5, 5.41) is 4.00. The standard InChI is InChI=1S/C24H22N2OS/c1-16-8-13-21-22(14-16)28-24(26-21)19-9-11-20(12-10-19)25-23(27)15-17(2)18-6-4-3-5-7-18/h3-14,17H,15H2,1-2H3,(H,25,27). The highest BCUT2D eigenvalue weighted by Gasteiger charge is 2.12. The Bertz CT molecular complexity index is 1100. The molecule has 0 radical (unpaired) electrons. The number of nitrogens with zero attached hydrogens (tertiary/aromatic N) is 1. The zero-order valence-electron chi connectivity index (χ0n) is 16.0. The van der Waals surface area contributed by atoms with Crippen molar-refractivity contribution in [2.75, 3.05) is 5.32 Å². The lowest BCUT2D eigenvalue weighted by molar-refractivity contribution is -0.116. The number of hydrogen-bond donors (Lipinski definition) is 1. The highest BCUT2D eigenvalue weighted by molar-refractivity contribution is 7.21. The molecule has 0 aliphatic heterocycles. The molecule has 0 spiro atoms. The van der Waals surface area contributed by atoms with Crippen molar-refractivity contribution >= 4 is 33.1 Å². The van der Waals surface area contributed by atoms with Gasteiger partial charge in [-0.15, -0.1) is 11.3 Å². The highest BCUT2D eigenvalue weighted by Crippen LogP contribution is 2.31. The molecule has 1 unspecified atom stereocenters. The van der Waals surface area contributed by atoms with Crippen LogP contribution in [-0.2, 0) is 4.79 Å². The number of carbonyl (C=O) groups excluding carboxylic acids is 1. The Morgan fingerprint density at radius 1 is 1.04 bits per heavy atom. The van der Waals surface area contributed by atoms with Crippen LogP contribution in [0.25, 0.3) is 20.8 Å². The lowest BCUT2D eigenvalue weighted by Gasteiger charge is -2.12. The molecule has 1 N–H and O–H groups in total. The van der Waals surface area contributed by atoms with Crippen LogP contribution in [0.5, 0.6) is 0 Å². The fourth-order valence-electron chi connectivity index (χ4n) is 3.24. The molecule has 0 fully saturated rings. The molecule has 0 saturated carbocycles. The van der Waals surface area contributed by atoms with Gasteiger partial charge >= 0.3 is 0 Å². The second-order valence-electron chi connectivity index (χ2n) is 7.13. The van der Waals surface area contributed by atoms with Crippen LogP contribution in [-0.4, -0.2) is 10.9 Å². The number of carbonyl (C=O) groups is 1. The summed E-state index contributed by atoms with van der Waals surface area (Å²) in [5.41, 5.74) is 5.32. The predicted octanol–water partition coefficient (Wildman–Crippen LogP) is 6.40. The van der Waals surface area contributed by atoms with Gasteiger partial charge in [-0.3, -0.25) is 4.79 Å². The quantitative estimate of drug-likeness (QED) is 0.431. The van der Waals surface area contributed by atoms with Gasteiger partial charge in [-0.25, -0.2) is 4.98 Å². The van der Waals surface area contributed by atoms with E-state index in [-0.39, 0.29) is 11.8 Å². The van der Waals surface area contributed by atoms with Gasteiger partial charge in [0.25, 0.3) is 0 Å². The van der Waals surface area contributed by atoms with Crippen LogP contribution in [0.4, 0.5) is 5.69 Å². The maximum absolute atomic E-state index is 12.4. The van der Waals surface area contributed by atoms with Crippen LogP contribution < -0.4 is 5.32 Å². The maximum Gasteiger partial charge on any atom is 0.224 e. The van der Waals surface area contributed by atoms with Gasteiger partial charge in [-0.2, -0.15) is 0 Å². The van der Waals surface area contributed by atoms with Gasteiger partial charge in [0.15, 0.2) is 0 Å². The fourth-order valence-corrected chi connectivity index (χ4v) is 4.31. The van der Waals surface area contributed by atoms with Gasteiger partial charge in [-0.1, -0.05) is 43.3 Å². The third-order valence-electron chi connectivity index (χ3n) is 4.82. The average Bonchev–Trinajstić information content (AvgIpc) is 3.12. The number of benzene rings is 3. The van der Waals surface area contributed by atoms with E-state index in [0.717, 1.165) is 21.8 Å². The minimum Gasteiger partial charge on any atom is -0.326 e. The average molecular weight is 387 g/mol. The molecule has 1 aromatic heterocycles. The first-order valence-corrected chi connectivity index (χ1v) is 10.2. The third-order valence-corrected chi connectivity index (χ3v) is 5.89. The van der Waals surface area contributed by atoms with E-state index in [0.29, 0.717) is 6.42 Å². The van der Waals surface area contributed by atoms with Crippen LogP contribution in [0.3, 0.4) is 0 Å². The van der Waals surface area contributed by atoms with Gasteiger partial charge in [-0.05, 0) is 60.4 Å². The second kappa shape index (κ2) is 7.95. The summed E-state index contributed by atoms with van der Waals surface area (Å²) in [6.45, 7) is 4.17. The predicted molar refractivity (Wildman–Crippen MR) is 118 cm³/mol. The number of aryl methyl sites for hydroxylation is 1. The number of aromatic nitrogens is 1. The molecule has 3 nitrogen and oxygen atoms in total. The van der Waals surface area contributed by atoms with Gasteiger partial charge in [0, 0.05) is 17.7 Å². The van der Waals surface area contributed by atoms with Crippen molar-refractivity contribution in [3.63, 3.8) is 0 Å². The smallest absolute Gasteiger partial charge is 0.224 e. The number of thiazole rings is 1. The zero-order valence-corrected chi connectivity index (χ0v) is 16.8. The van der Waals surface area contributed by atoms with E-state index in [1.807, 2.05) is 42.5 Å². The zero-order chi connectivity index (χ0) is 19.5. The molecule has 1 heterocycles. The minimum absolute atomic E-state index is 0.0274. The Balaban J connectivity index is 1.43. The van der Waals surface area contributed by atoms with Crippen molar-refractivity contribution in [2.45, 2.75) is 26.2 Å². The summed E-state index contributed by atoms with van der Waals surface area (Å²) < 4.78 is 1.20. The monoisotopic (exact) mass is 386 g/mol. The van der Waals surface area contributed by atoms with E-state index in [4.69, 9.17) is 4.98 Å². The van der Waals surface area contributed by atoms with Crippen LogP contribution in [0.2, 0.25) is 0 Å². The van der Waals surface area contributed by atoms with Gasteiger partial charge < -0.3 is 5.32 Å². The number of anilines is 1. The second-order valence-corrected chi connectivity index (χ2v) is 8.16. The van der Waals surface area contributed by atoms with Crippen molar-refractivity contribution in [3.05, 3.63) is 83.9 Å². The van der Waals surface area contributed by atoms with E-state index >= 15 is 0 Å². The van der Waals surface area contributed by atoms with E-state index < -0.39 is 0 Å².